The molecule has 3 rings (SSSR count). The minimum atomic E-state index is -4.30. The second kappa shape index (κ2) is 9.35. The third-order valence-corrected chi connectivity index (χ3v) is 5.52. The number of amides is 1. The van der Waals surface area contributed by atoms with Crippen LogP contribution in [0, 0.1) is 10.1 Å². The van der Waals surface area contributed by atoms with Gasteiger partial charge in [0.25, 0.3) is 11.6 Å². The zero-order valence-corrected chi connectivity index (χ0v) is 17.8. The molecule has 32 heavy (non-hydrogen) atoms. The Kier molecular flexibility index (Phi) is 6.59. The van der Waals surface area contributed by atoms with Crippen LogP contribution in [0.15, 0.2) is 71.6 Å². The molecule has 0 saturated carbocycles. The molecule has 166 valence electrons. The zero-order valence-electron chi connectivity index (χ0n) is 17.0. The first-order chi connectivity index (χ1) is 15.2. The van der Waals surface area contributed by atoms with Crippen LogP contribution in [0.1, 0.15) is 10.4 Å². The van der Waals surface area contributed by atoms with Gasteiger partial charge in [0, 0.05) is 29.4 Å². The lowest BCUT2D eigenvalue weighted by atomic mass is 10.2. The third kappa shape index (κ3) is 5.13. The number of non-ortho nitro benzene ring substituents is 1. The summed E-state index contributed by atoms with van der Waals surface area (Å²) in [6.45, 7) is 0. The van der Waals surface area contributed by atoms with E-state index in [2.05, 4.69) is 5.32 Å². The van der Waals surface area contributed by atoms with E-state index in [-0.39, 0.29) is 21.9 Å². The normalized spacial score (nSPS) is 10.8. The van der Waals surface area contributed by atoms with Crippen molar-refractivity contribution in [3.8, 4) is 17.2 Å². The van der Waals surface area contributed by atoms with Gasteiger partial charge in [0.1, 0.15) is 10.6 Å². The molecule has 0 bridgehead atoms. The van der Waals surface area contributed by atoms with E-state index in [0.29, 0.717) is 17.2 Å². The molecule has 1 amide bonds. The van der Waals surface area contributed by atoms with E-state index in [9.17, 15) is 23.3 Å². The molecule has 0 aliphatic heterocycles. The lowest BCUT2D eigenvalue weighted by molar-refractivity contribution is -0.385. The maximum absolute atomic E-state index is 12.5. The summed E-state index contributed by atoms with van der Waals surface area (Å²) in [6.07, 6.45) is 0. The summed E-state index contributed by atoms with van der Waals surface area (Å²) in [7, 11) is -1.32. The Labute approximate surface area is 183 Å². The highest BCUT2D eigenvalue weighted by Gasteiger charge is 2.20. The van der Waals surface area contributed by atoms with Gasteiger partial charge in [0.15, 0.2) is 11.5 Å². The van der Waals surface area contributed by atoms with Crippen molar-refractivity contribution < 1.29 is 31.8 Å². The lowest BCUT2D eigenvalue weighted by Crippen LogP contribution is -2.13. The number of methoxy groups -OCH3 is 2. The highest BCUT2D eigenvalue weighted by atomic mass is 32.2. The van der Waals surface area contributed by atoms with E-state index in [1.807, 2.05) is 0 Å². The lowest BCUT2D eigenvalue weighted by Gasteiger charge is -2.11. The number of benzene rings is 3. The smallest absolute Gasteiger partial charge is 0.339 e. The summed E-state index contributed by atoms with van der Waals surface area (Å²) < 4.78 is 40.2. The van der Waals surface area contributed by atoms with Gasteiger partial charge < -0.3 is 19.0 Å². The largest absolute Gasteiger partial charge is 0.493 e. The number of ether oxygens (including phenoxy) is 2. The van der Waals surface area contributed by atoms with Crippen molar-refractivity contribution in [2.45, 2.75) is 4.90 Å². The fourth-order valence-electron chi connectivity index (χ4n) is 2.71. The average Bonchev–Trinajstić information content (AvgIpc) is 2.79. The maximum Gasteiger partial charge on any atom is 0.339 e. The number of carbonyl (C=O) groups excluding carboxylic acids is 1. The second-order valence-corrected chi connectivity index (χ2v) is 7.89. The minimum Gasteiger partial charge on any atom is -0.493 e. The predicted molar refractivity (Wildman–Crippen MR) is 115 cm³/mol. The number of nitro benzene ring substituents is 1. The third-order valence-electron chi connectivity index (χ3n) is 4.28. The van der Waals surface area contributed by atoms with Crippen molar-refractivity contribution in [1.29, 1.82) is 0 Å². The fraction of sp³-hybridized carbons (Fsp3) is 0.0952. The molecule has 0 atom stereocenters. The first-order valence-electron chi connectivity index (χ1n) is 9.06. The van der Waals surface area contributed by atoms with Crippen LogP contribution < -0.4 is 19.0 Å². The molecule has 0 unspecified atom stereocenters. The summed E-state index contributed by atoms with van der Waals surface area (Å²) in [5.41, 5.74) is 0.345. The van der Waals surface area contributed by atoms with Gasteiger partial charge >= 0.3 is 10.1 Å². The van der Waals surface area contributed by atoms with Crippen molar-refractivity contribution in [2.75, 3.05) is 19.5 Å². The van der Waals surface area contributed by atoms with Crippen molar-refractivity contribution in [3.05, 3.63) is 82.4 Å². The summed E-state index contributed by atoms with van der Waals surface area (Å²) >= 11 is 0. The Morgan fingerprint density at radius 3 is 2.25 bits per heavy atom. The molecule has 3 aromatic carbocycles. The Morgan fingerprint density at radius 2 is 1.62 bits per heavy atom. The Hall–Kier alpha value is -4.12. The molecule has 0 radical (unpaired) electrons. The highest BCUT2D eigenvalue weighted by molar-refractivity contribution is 7.87. The van der Waals surface area contributed by atoms with E-state index in [4.69, 9.17) is 13.7 Å². The first kappa shape index (κ1) is 22.6. The van der Waals surface area contributed by atoms with Gasteiger partial charge in [-0.05, 0) is 42.5 Å². The predicted octanol–water partition coefficient (Wildman–Crippen LogP) is 3.63. The van der Waals surface area contributed by atoms with E-state index < -0.39 is 20.9 Å². The molecule has 0 saturated heterocycles. The molecule has 1 N–H and O–H groups in total. The van der Waals surface area contributed by atoms with Crippen LogP contribution in [0.25, 0.3) is 0 Å². The molecular weight excluding hydrogens is 440 g/mol. The van der Waals surface area contributed by atoms with Gasteiger partial charge in [-0.1, -0.05) is 6.07 Å². The van der Waals surface area contributed by atoms with Gasteiger partial charge in [0.05, 0.1) is 19.1 Å². The summed E-state index contributed by atoms with van der Waals surface area (Å²) in [4.78, 5) is 22.3. The maximum atomic E-state index is 12.5. The summed E-state index contributed by atoms with van der Waals surface area (Å²) in [6, 6.07) is 14.8. The van der Waals surface area contributed by atoms with Crippen LogP contribution in [-0.2, 0) is 10.1 Å². The Balaban J connectivity index is 1.72. The standard InChI is InChI=1S/C21H18N2O8S/c1-29-19-11-8-15(12-20(19)30-2)22-21(24)14-6-9-17(10-7-14)31-32(27,28)18-5-3-4-16(13-18)23(25)26/h3-13H,1-2H3,(H,22,24). The molecule has 0 aliphatic carbocycles. The molecule has 0 fully saturated rings. The van der Waals surface area contributed by atoms with Gasteiger partial charge in [0.2, 0.25) is 0 Å². The van der Waals surface area contributed by atoms with Gasteiger partial charge in [-0.25, -0.2) is 0 Å². The van der Waals surface area contributed by atoms with Crippen LogP contribution in [0.5, 0.6) is 17.2 Å². The number of rotatable bonds is 8. The van der Waals surface area contributed by atoms with Crippen LogP contribution in [0.3, 0.4) is 0 Å². The van der Waals surface area contributed by atoms with E-state index in [1.165, 1.54) is 56.7 Å². The van der Waals surface area contributed by atoms with Gasteiger partial charge in [-0.2, -0.15) is 8.42 Å². The highest BCUT2D eigenvalue weighted by Crippen LogP contribution is 2.30. The number of carbonyl (C=O) groups is 1. The van der Waals surface area contributed by atoms with Crippen molar-refractivity contribution in [1.82, 2.24) is 0 Å². The Bertz CT molecular complexity index is 1260. The number of nitro groups is 1. The van der Waals surface area contributed by atoms with Crippen molar-refractivity contribution in [2.24, 2.45) is 0 Å². The average molecular weight is 458 g/mol. The van der Waals surface area contributed by atoms with Crippen LogP contribution in [0.4, 0.5) is 11.4 Å². The van der Waals surface area contributed by atoms with Gasteiger partial charge in [-0.15, -0.1) is 0 Å². The van der Waals surface area contributed by atoms with E-state index >= 15 is 0 Å². The van der Waals surface area contributed by atoms with Crippen LogP contribution >= 0.6 is 0 Å². The topological polar surface area (TPSA) is 134 Å². The molecule has 0 spiro atoms. The number of nitrogens with one attached hydrogen (secondary N) is 1. The summed E-state index contributed by atoms with van der Waals surface area (Å²) in [5.74, 6) is 0.460. The van der Waals surface area contributed by atoms with E-state index in [1.54, 1.807) is 18.2 Å². The summed E-state index contributed by atoms with van der Waals surface area (Å²) in [5, 5.41) is 13.6. The number of hydrogen-bond acceptors (Lipinski definition) is 8. The molecule has 10 nitrogen and oxygen atoms in total. The molecule has 0 aromatic heterocycles. The monoisotopic (exact) mass is 458 g/mol. The zero-order chi connectivity index (χ0) is 23.3. The quantitative estimate of drug-likeness (QED) is 0.307. The molecule has 0 aliphatic rings. The van der Waals surface area contributed by atoms with Crippen LogP contribution in [0.2, 0.25) is 0 Å². The molecule has 0 heterocycles. The van der Waals surface area contributed by atoms with E-state index in [0.717, 1.165) is 6.07 Å². The number of anilines is 1. The fourth-order valence-corrected chi connectivity index (χ4v) is 3.68. The Morgan fingerprint density at radius 1 is 0.938 bits per heavy atom. The molecule has 3 aromatic rings. The first-order valence-corrected chi connectivity index (χ1v) is 10.5. The van der Waals surface area contributed by atoms with Crippen LogP contribution in [-0.4, -0.2) is 33.5 Å². The van der Waals surface area contributed by atoms with Crippen molar-refractivity contribution in [3.63, 3.8) is 0 Å². The molecule has 11 heteroatoms. The van der Waals surface area contributed by atoms with Crippen molar-refractivity contribution >= 4 is 27.4 Å². The number of nitrogens with zero attached hydrogens (tertiary/aromatic N) is 1. The SMILES string of the molecule is COc1ccc(NC(=O)c2ccc(OS(=O)(=O)c3cccc([N+](=O)[O-])c3)cc2)cc1OC. The second-order valence-electron chi connectivity index (χ2n) is 6.34. The minimum absolute atomic E-state index is 0.0563. The molecular formula is C21H18N2O8S. The number of hydrogen-bond donors (Lipinski definition) is 1. The van der Waals surface area contributed by atoms with Gasteiger partial charge in [-0.3, -0.25) is 14.9 Å².